The molecule has 0 atom stereocenters. The minimum Gasteiger partial charge on any atom is -0.478 e. The maximum Gasteiger partial charge on any atom is 0.337 e. The molecule has 0 spiro atoms. The third kappa shape index (κ3) is 3.58. The molecule has 112 valence electrons. The monoisotopic (exact) mass is 310 g/mol. The number of carboxylic acid groups (broad SMARTS) is 1. The number of aromatic nitrogens is 2. The number of hydrogen-bond acceptors (Lipinski definition) is 5. The number of anilines is 1. The first-order valence-corrected chi connectivity index (χ1v) is 7.48. The van der Waals surface area contributed by atoms with Crippen LogP contribution in [-0.4, -0.2) is 36.0 Å². The van der Waals surface area contributed by atoms with Crippen molar-refractivity contribution >= 4 is 21.7 Å². The average molecular weight is 310 g/mol. The fourth-order valence-electron chi connectivity index (χ4n) is 1.77. The summed E-state index contributed by atoms with van der Waals surface area (Å²) in [6, 6.07) is 3.64. The third-order valence-corrected chi connectivity index (χ3v) is 4.28. The van der Waals surface area contributed by atoms with Crippen LogP contribution in [0.1, 0.15) is 16.1 Å². The van der Waals surface area contributed by atoms with E-state index in [9.17, 15) is 13.2 Å². The Labute approximate surface area is 121 Å². The summed E-state index contributed by atoms with van der Waals surface area (Å²) < 4.78 is 26.7. The number of aromatic amines is 1. The van der Waals surface area contributed by atoms with Gasteiger partial charge in [-0.15, -0.1) is 0 Å². The lowest BCUT2D eigenvalue weighted by molar-refractivity contribution is 0.0692. The van der Waals surface area contributed by atoms with E-state index in [1.165, 1.54) is 18.5 Å². The summed E-state index contributed by atoms with van der Waals surface area (Å²) in [4.78, 5) is 17.5. The number of sulfonamides is 1. The number of nitrogens with zero attached hydrogens (tertiary/aromatic N) is 1. The lowest BCUT2D eigenvalue weighted by atomic mass is 10.2. The Balaban J connectivity index is 2.17. The van der Waals surface area contributed by atoms with E-state index < -0.39 is 16.0 Å². The second-order valence-corrected chi connectivity index (χ2v) is 6.02. The third-order valence-electron chi connectivity index (χ3n) is 2.76. The molecule has 0 saturated carbocycles. The van der Waals surface area contributed by atoms with E-state index in [4.69, 9.17) is 10.8 Å². The number of nitrogens with two attached hydrogens (primary N) is 1. The highest BCUT2D eigenvalue weighted by molar-refractivity contribution is 7.89. The lowest BCUT2D eigenvalue weighted by Crippen LogP contribution is -2.27. The highest BCUT2D eigenvalue weighted by Gasteiger charge is 2.22. The van der Waals surface area contributed by atoms with E-state index in [0.29, 0.717) is 6.42 Å². The van der Waals surface area contributed by atoms with Gasteiger partial charge < -0.3 is 15.8 Å². The van der Waals surface area contributed by atoms with E-state index in [1.807, 2.05) is 0 Å². The molecule has 0 aliphatic rings. The predicted octanol–water partition coefficient (Wildman–Crippen LogP) is 0.211. The Kier molecular flexibility index (Phi) is 4.24. The molecule has 0 radical (unpaired) electrons. The molecule has 2 aromatic rings. The van der Waals surface area contributed by atoms with Gasteiger partial charge in [0.2, 0.25) is 10.0 Å². The van der Waals surface area contributed by atoms with Gasteiger partial charge in [0.25, 0.3) is 0 Å². The van der Waals surface area contributed by atoms with Gasteiger partial charge in [0.05, 0.1) is 16.8 Å². The Hall–Kier alpha value is -2.39. The number of nitrogens with one attached hydrogen (secondary N) is 2. The van der Waals surface area contributed by atoms with Crippen molar-refractivity contribution in [2.24, 2.45) is 0 Å². The molecule has 2 rings (SSSR count). The van der Waals surface area contributed by atoms with Crippen LogP contribution in [0, 0.1) is 0 Å². The molecular weight excluding hydrogens is 296 g/mol. The van der Waals surface area contributed by atoms with Crippen LogP contribution < -0.4 is 10.5 Å². The summed E-state index contributed by atoms with van der Waals surface area (Å²) in [5.41, 5.74) is 6.08. The van der Waals surface area contributed by atoms with Crippen LogP contribution in [0.2, 0.25) is 0 Å². The molecule has 1 aromatic heterocycles. The Bertz CT molecular complexity index is 741. The fourth-order valence-corrected chi connectivity index (χ4v) is 2.98. The van der Waals surface area contributed by atoms with Crippen LogP contribution in [-0.2, 0) is 16.4 Å². The van der Waals surface area contributed by atoms with Crippen LogP contribution in [0.15, 0.2) is 35.6 Å². The summed E-state index contributed by atoms with van der Waals surface area (Å²) in [6.07, 6.45) is 3.49. The van der Waals surface area contributed by atoms with Crippen molar-refractivity contribution in [2.45, 2.75) is 11.3 Å². The lowest BCUT2D eigenvalue weighted by Gasteiger charge is -2.09. The van der Waals surface area contributed by atoms with Gasteiger partial charge in [0.15, 0.2) is 0 Å². The fraction of sp³-hybridized carbons (Fsp3) is 0.167. The summed E-state index contributed by atoms with van der Waals surface area (Å²) in [5, 5.41) is 9.07. The smallest absolute Gasteiger partial charge is 0.337 e. The van der Waals surface area contributed by atoms with Crippen LogP contribution in [0.5, 0.6) is 0 Å². The second-order valence-electron chi connectivity index (χ2n) is 4.29. The van der Waals surface area contributed by atoms with Crippen molar-refractivity contribution < 1.29 is 18.3 Å². The van der Waals surface area contributed by atoms with Gasteiger partial charge in [0.1, 0.15) is 0 Å². The summed E-state index contributed by atoms with van der Waals surface area (Å²) >= 11 is 0. The van der Waals surface area contributed by atoms with Crippen molar-refractivity contribution in [3.05, 3.63) is 42.0 Å². The predicted molar refractivity (Wildman–Crippen MR) is 75.3 cm³/mol. The maximum atomic E-state index is 12.2. The summed E-state index contributed by atoms with van der Waals surface area (Å²) in [7, 11) is -3.93. The van der Waals surface area contributed by atoms with Gasteiger partial charge in [-0.05, 0) is 18.2 Å². The summed E-state index contributed by atoms with van der Waals surface area (Å²) in [5.74, 6) is -1.35. The summed E-state index contributed by atoms with van der Waals surface area (Å²) in [6.45, 7) is 0.119. The van der Waals surface area contributed by atoms with Crippen LogP contribution in [0.25, 0.3) is 0 Å². The van der Waals surface area contributed by atoms with Crippen molar-refractivity contribution in [3.63, 3.8) is 0 Å². The Morgan fingerprint density at radius 1 is 1.43 bits per heavy atom. The second kappa shape index (κ2) is 5.94. The molecule has 0 aliphatic carbocycles. The van der Waals surface area contributed by atoms with Crippen molar-refractivity contribution in [2.75, 3.05) is 12.3 Å². The van der Waals surface area contributed by atoms with E-state index >= 15 is 0 Å². The molecule has 8 nitrogen and oxygen atoms in total. The zero-order chi connectivity index (χ0) is 15.5. The van der Waals surface area contributed by atoms with Gasteiger partial charge >= 0.3 is 5.97 Å². The first-order valence-electron chi connectivity index (χ1n) is 6.00. The van der Waals surface area contributed by atoms with Crippen LogP contribution in [0.4, 0.5) is 5.69 Å². The average Bonchev–Trinajstić information content (AvgIpc) is 2.91. The Morgan fingerprint density at radius 3 is 2.81 bits per heavy atom. The molecule has 0 fully saturated rings. The standard InChI is InChI=1S/C12H14N4O4S/c13-8-1-2-11(10(5-8)12(17)18)21(19,20)16-4-3-9-6-14-7-15-9/h1-2,5-7,16H,3-4,13H2,(H,14,15)(H,17,18). The van der Waals surface area contributed by atoms with Gasteiger partial charge in [-0.1, -0.05) is 0 Å². The zero-order valence-corrected chi connectivity index (χ0v) is 11.7. The molecular formula is C12H14N4O4S. The highest BCUT2D eigenvalue weighted by Crippen LogP contribution is 2.18. The minimum absolute atomic E-state index is 0.119. The minimum atomic E-state index is -3.93. The number of hydrogen-bond donors (Lipinski definition) is 4. The van der Waals surface area contributed by atoms with Crippen LogP contribution >= 0.6 is 0 Å². The largest absolute Gasteiger partial charge is 0.478 e. The number of carbonyl (C=O) groups is 1. The van der Waals surface area contributed by atoms with E-state index in [-0.39, 0.29) is 22.7 Å². The molecule has 1 aromatic carbocycles. The quantitative estimate of drug-likeness (QED) is 0.563. The van der Waals surface area contributed by atoms with Crippen molar-refractivity contribution in [3.8, 4) is 0 Å². The van der Waals surface area contributed by atoms with Crippen LogP contribution in [0.3, 0.4) is 0 Å². The van der Waals surface area contributed by atoms with Crippen molar-refractivity contribution in [1.82, 2.24) is 14.7 Å². The molecule has 21 heavy (non-hydrogen) atoms. The highest BCUT2D eigenvalue weighted by atomic mass is 32.2. The number of nitrogen functional groups attached to an aromatic ring is 1. The molecule has 0 amide bonds. The number of carboxylic acids is 1. The molecule has 1 heterocycles. The first kappa shape index (κ1) is 15.0. The van der Waals surface area contributed by atoms with Gasteiger partial charge in [-0.25, -0.2) is 22.9 Å². The Morgan fingerprint density at radius 2 is 2.19 bits per heavy atom. The topological polar surface area (TPSA) is 138 Å². The van der Waals surface area contributed by atoms with E-state index in [1.54, 1.807) is 6.20 Å². The SMILES string of the molecule is Nc1ccc(S(=O)(=O)NCCc2cnc[nH]2)c(C(=O)O)c1. The zero-order valence-electron chi connectivity index (χ0n) is 10.9. The van der Waals surface area contributed by atoms with E-state index in [2.05, 4.69) is 14.7 Å². The first-order chi connectivity index (χ1) is 9.90. The number of aromatic carboxylic acids is 1. The van der Waals surface area contributed by atoms with E-state index in [0.717, 1.165) is 11.8 Å². The van der Waals surface area contributed by atoms with Crippen molar-refractivity contribution in [1.29, 1.82) is 0 Å². The molecule has 0 unspecified atom stereocenters. The number of H-pyrrole nitrogens is 1. The maximum absolute atomic E-state index is 12.2. The number of benzene rings is 1. The van der Waals surface area contributed by atoms with Gasteiger partial charge in [-0.3, -0.25) is 0 Å². The van der Waals surface area contributed by atoms with Gasteiger partial charge in [0, 0.05) is 30.5 Å². The number of rotatable bonds is 6. The molecule has 0 aliphatic heterocycles. The molecule has 0 saturated heterocycles. The normalized spacial score (nSPS) is 11.4. The van der Waals surface area contributed by atoms with Gasteiger partial charge in [-0.2, -0.15) is 0 Å². The molecule has 0 bridgehead atoms. The molecule has 9 heteroatoms. The molecule has 5 N–H and O–H groups in total. The number of imidazole rings is 1.